The van der Waals surface area contributed by atoms with Gasteiger partial charge in [0.25, 0.3) is 0 Å². The molecule has 0 amide bonds. The summed E-state index contributed by atoms with van der Waals surface area (Å²) in [6.45, 7) is 4.45. The van der Waals surface area contributed by atoms with Crippen molar-refractivity contribution in [1.29, 1.82) is 0 Å². The zero-order chi connectivity index (χ0) is 14.8. The summed E-state index contributed by atoms with van der Waals surface area (Å²) in [6, 6.07) is 2.28. The van der Waals surface area contributed by atoms with Gasteiger partial charge in [-0.05, 0) is 38.0 Å². The average Bonchev–Trinajstić information content (AvgIpc) is 2.34. The second kappa shape index (κ2) is 5.44. The number of hydrogen-bond donors (Lipinski definition) is 3. The Bertz CT molecular complexity index is 545. The fraction of sp³-hybridized carbons (Fsp3) is 0.500. The highest BCUT2D eigenvalue weighted by atomic mass is 32.2. The number of aliphatic hydroxyl groups excluding tert-OH is 1. The maximum Gasteiger partial charge on any atom is 0.241 e. The van der Waals surface area contributed by atoms with E-state index in [2.05, 4.69) is 4.72 Å². The van der Waals surface area contributed by atoms with Crippen LogP contribution in [0.2, 0.25) is 0 Å². The predicted octanol–water partition coefficient (Wildman–Crippen LogP) is 1.16. The van der Waals surface area contributed by atoms with Gasteiger partial charge in [-0.2, -0.15) is 0 Å². The molecular formula is C12H19FN2O3S. The van der Waals surface area contributed by atoms with Crippen molar-refractivity contribution >= 4 is 15.7 Å². The van der Waals surface area contributed by atoms with Crippen molar-refractivity contribution in [2.24, 2.45) is 0 Å². The van der Waals surface area contributed by atoms with Gasteiger partial charge in [-0.3, -0.25) is 0 Å². The molecule has 0 spiro atoms. The van der Waals surface area contributed by atoms with E-state index in [0.29, 0.717) is 6.42 Å². The molecule has 1 unspecified atom stereocenters. The minimum absolute atomic E-state index is 0.114. The zero-order valence-corrected chi connectivity index (χ0v) is 12.0. The fourth-order valence-corrected chi connectivity index (χ4v) is 3.11. The lowest BCUT2D eigenvalue weighted by Crippen LogP contribution is -2.48. The molecular weight excluding hydrogens is 271 g/mol. The standard InChI is InChI=1S/C12H19FN2O3S/c1-4-12(3,7-16)15-19(17,18)9-5-8(2)11(13)10(14)6-9/h5-6,15-16H,4,7,14H2,1-3H3. The Morgan fingerprint density at radius 3 is 2.47 bits per heavy atom. The second-order valence-corrected chi connectivity index (χ2v) is 6.50. The third-order valence-electron chi connectivity index (χ3n) is 3.08. The topological polar surface area (TPSA) is 92.4 Å². The molecule has 108 valence electrons. The number of nitrogen functional groups attached to an aromatic ring is 1. The number of benzene rings is 1. The van der Waals surface area contributed by atoms with Gasteiger partial charge < -0.3 is 10.8 Å². The van der Waals surface area contributed by atoms with Crippen LogP contribution in [0.25, 0.3) is 0 Å². The summed E-state index contributed by atoms with van der Waals surface area (Å²) in [6.07, 6.45) is 0.415. The molecule has 1 aromatic carbocycles. The van der Waals surface area contributed by atoms with E-state index in [9.17, 15) is 17.9 Å². The zero-order valence-electron chi connectivity index (χ0n) is 11.2. The van der Waals surface area contributed by atoms with Crippen LogP contribution in [-0.4, -0.2) is 25.7 Å². The first-order valence-electron chi connectivity index (χ1n) is 5.85. The van der Waals surface area contributed by atoms with Crippen LogP contribution in [0.1, 0.15) is 25.8 Å². The Balaban J connectivity index is 3.22. The molecule has 0 aliphatic rings. The minimum Gasteiger partial charge on any atom is -0.396 e. The molecule has 0 radical (unpaired) electrons. The van der Waals surface area contributed by atoms with Crippen LogP contribution in [0, 0.1) is 12.7 Å². The molecule has 0 aromatic heterocycles. The molecule has 1 aromatic rings. The van der Waals surface area contributed by atoms with Gasteiger partial charge in [0, 0.05) is 0 Å². The van der Waals surface area contributed by atoms with E-state index in [-0.39, 0.29) is 22.8 Å². The molecule has 1 rings (SSSR count). The van der Waals surface area contributed by atoms with E-state index in [4.69, 9.17) is 5.73 Å². The van der Waals surface area contributed by atoms with Crippen molar-refractivity contribution in [2.75, 3.05) is 12.3 Å². The van der Waals surface area contributed by atoms with Crippen molar-refractivity contribution in [2.45, 2.75) is 37.6 Å². The number of rotatable bonds is 5. The van der Waals surface area contributed by atoms with Crippen molar-refractivity contribution in [3.05, 3.63) is 23.5 Å². The minimum atomic E-state index is -3.86. The second-order valence-electron chi connectivity index (χ2n) is 4.82. The highest BCUT2D eigenvalue weighted by Gasteiger charge is 2.29. The predicted molar refractivity (Wildman–Crippen MR) is 71.7 cm³/mol. The molecule has 4 N–H and O–H groups in total. The number of aryl methyl sites for hydroxylation is 1. The molecule has 0 aliphatic carbocycles. The van der Waals surface area contributed by atoms with E-state index < -0.39 is 21.4 Å². The van der Waals surface area contributed by atoms with Crippen LogP contribution in [0.5, 0.6) is 0 Å². The quantitative estimate of drug-likeness (QED) is 0.709. The number of nitrogens with one attached hydrogen (secondary N) is 1. The Kier molecular flexibility index (Phi) is 4.54. The molecule has 1 atom stereocenters. The molecule has 0 saturated carbocycles. The van der Waals surface area contributed by atoms with E-state index in [0.717, 1.165) is 6.07 Å². The largest absolute Gasteiger partial charge is 0.396 e. The highest BCUT2D eigenvalue weighted by Crippen LogP contribution is 2.22. The third kappa shape index (κ3) is 3.43. The normalized spacial score (nSPS) is 15.2. The Hall–Kier alpha value is -1.18. The van der Waals surface area contributed by atoms with Gasteiger partial charge in [-0.1, -0.05) is 6.92 Å². The summed E-state index contributed by atoms with van der Waals surface area (Å²) < 4.78 is 40.2. The molecule has 19 heavy (non-hydrogen) atoms. The fourth-order valence-electron chi connectivity index (χ4n) is 1.52. The van der Waals surface area contributed by atoms with Crippen molar-refractivity contribution in [3.63, 3.8) is 0 Å². The number of nitrogens with two attached hydrogens (primary N) is 1. The van der Waals surface area contributed by atoms with Crippen LogP contribution in [0.4, 0.5) is 10.1 Å². The summed E-state index contributed by atoms with van der Waals surface area (Å²) in [5, 5.41) is 9.24. The van der Waals surface area contributed by atoms with Crippen molar-refractivity contribution < 1.29 is 17.9 Å². The van der Waals surface area contributed by atoms with Gasteiger partial charge >= 0.3 is 0 Å². The first-order chi connectivity index (χ1) is 8.65. The number of halogens is 1. The summed E-state index contributed by atoms with van der Waals surface area (Å²) in [4.78, 5) is -0.114. The molecule has 0 bridgehead atoms. The molecule has 5 nitrogen and oxygen atoms in total. The number of sulfonamides is 1. The van der Waals surface area contributed by atoms with E-state index in [1.54, 1.807) is 13.8 Å². The van der Waals surface area contributed by atoms with Gasteiger partial charge in [0.15, 0.2) is 0 Å². The average molecular weight is 290 g/mol. The van der Waals surface area contributed by atoms with Gasteiger partial charge in [0.05, 0.1) is 22.7 Å². The van der Waals surface area contributed by atoms with E-state index in [1.807, 2.05) is 0 Å². The summed E-state index contributed by atoms with van der Waals surface area (Å²) >= 11 is 0. The molecule has 0 aliphatic heterocycles. The van der Waals surface area contributed by atoms with Gasteiger partial charge in [0.2, 0.25) is 10.0 Å². The van der Waals surface area contributed by atoms with Crippen molar-refractivity contribution in [1.82, 2.24) is 4.72 Å². The monoisotopic (exact) mass is 290 g/mol. The Morgan fingerprint density at radius 1 is 1.47 bits per heavy atom. The maximum atomic E-state index is 13.4. The Morgan fingerprint density at radius 2 is 2.05 bits per heavy atom. The first-order valence-corrected chi connectivity index (χ1v) is 7.34. The van der Waals surface area contributed by atoms with Crippen LogP contribution >= 0.6 is 0 Å². The van der Waals surface area contributed by atoms with Crippen LogP contribution in [0.3, 0.4) is 0 Å². The van der Waals surface area contributed by atoms with Gasteiger partial charge in [0.1, 0.15) is 5.82 Å². The SMILES string of the molecule is CCC(C)(CO)NS(=O)(=O)c1cc(C)c(F)c(N)c1. The Labute approximate surface area is 112 Å². The summed E-state index contributed by atoms with van der Waals surface area (Å²) in [5.74, 6) is -0.626. The lowest BCUT2D eigenvalue weighted by atomic mass is 10.0. The lowest BCUT2D eigenvalue weighted by Gasteiger charge is -2.26. The summed E-state index contributed by atoms with van der Waals surface area (Å²) in [5.41, 5.74) is 4.40. The van der Waals surface area contributed by atoms with Crippen LogP contribution in [0.15, 0.2) is 17.0 Å². The molecule has 0 heterocycles. The molecule has 0 fully saturated rings. The highest BCUT2D eigenvalue weighted by molar-refractivity contribution is 7.89. The maximum absolute atomic E-state index is 13.4. The number of aliphatic hydroxyl groups is 1. The smallest absolute Gasteiger partial charge is 0.241 e. The first kappa shape index (κ1) is 15.9. The lowest BCUT2D eigenvalue weighted by molar-refractivity contribution is 0.191. The van der Waals surface area contributed by atoms with Gasteiger partial charge in [-0.25, -0.2) is 17.5 Å². The van der Waals surface area contributed by atoms with E-state index in [1.165, 1.54) is 13.0 Å². The van der Waals surface area contributed by atoms with Crippen LogP contribution < -0.4 is 10.5 Å². The van der Waals surface area contributed by atoms with Crippen molar-refractivity contribution in [3.8, 4) is 0 Å². The van der Waals surface area contributed by atoms with E-state index >= 15 is 0 Å². The summed E-state index contributed by atoms with van der Waals surface area (Å²) in [7, 11) is -3.86. The third-order valence-corrected chi connectivity index (χ3v) is 4.69. The van der Waals surface area contributed by atoms with Gasteiger partial charge in [-0.15, -0.1) is 0 Å². The molecule has 0 saturated heterocycles. The number of hydrogen-bond acceptors (Lipinski definition) is 4. The molecule has 7 heteroatoms. The number of anilines is 1. The van der Waals surface area contributed by atoms with Crippen LogP contribution in [-0.2, 0) is 10.0 Å².